The number of hydrogen-bond donors (Lipinski definition) is 3. The first-order chi connectivity index (χ1) is 9.53. The van der Waals surface area contributed by atoms with Gasteiger partial charge in [0, 0.05) is 23.8 Å². The molecule has 1 aromatic carbocycles. The van der Waals surface area contributed by atoms with Crippen molar-refractivity contribution in [3.63, 3.8) is 0 Å². The summed E-state index contributed by atoms with van der Waals surface area (Å²) in [5.74, 6) is -0.146. The Morgan fingerprint density at radius 1 is 1.35 bits per heavy atom. The fraction of sp³-hybridized carbons (Fsp3) is 0.562. The molecule has 1 aliphatic carbocycles. The maximum absolute atomic E-state index is 11.7. The number of rotatable bonds is 5. The first-order valence-corrected chi connectivity index (χ1v) is 7.28. The fourth-order valence-corrected chi connectivity index (χ4v) is 2.78. The van der Waals surface area contributed by atoms with E-state index in [1.165, 1.54) is 19.3 Å². The molecule has 1 atom stereocenters. The number of carbonyl (C=O) groups is 1. The Morgan fingerprint density at radius 3 is 2.60 bits per heavy atom. The second-order valence-electron chi connectivity index (χ2n) is 6.13. The van der Waals surface area contributed by atoms with Crippen molar-refractivity contribution in [1.82, 2.24) is 5.32 Å². The van der Waals surface area contributed by atoms with E-state index in [1.54, 1.807) is 0 Å². The molecule has 2 rings (SSSR count). The summed E-state index contributed by atoms with van der Waals surface area (Å²) in [6.07, 6.45) is 3.73. The molecule has 0 aliphatic heterocycles. The van der Waals surface area contributed by atoms with Crippen molar-refractivity contribution in [2.24, 2.45) is 5.41 Å². The Kier molecular flexibility index (Phi) is 4.65. The van der Waals surface area contributed by atoms with Crippen molar-refractivity contribution < 1.29 is 9.90 Å². The second kappa shape index (κ2) is 6.27. The van der Waals surface area contributed by atoms with Gasteiger partial charge in [0.05, 0.1) is 6.61 Å². The van der Waals surface area contributed by atoms with Gasteiger partial charge >= 0.3 is 0 Å². The zero-order valence-corrected chi connectivity index (χ0v) is 12.3. The van der Waals surface area contributed by atoms with E-state index in [-0.39, 0.29) is 19.1 Å². The van der Waals surface area contributed by atoms with E-state index in [9.17, 15) is 4.79 Å². The molecule has 0 saturated heterocycles. The van der Waals surface area contributed by atoms with Gasteiger partial charge in [0.25, 0.3) is 5.91 Å². The minimum atomic E-state index is -0.146. The van der Waals surface area contributed by atoms with Crippen LogP contribution in [0.3, 0.4) is 0 Å². The van der Waals surface area contributed by atoms with Crippen LogP contribution in [0.2, 0.25) is 0 Å². The molecule has 0 spiro atoms. The predicted octanol–water partition coefficient (Wildman–Crippen LogP) is 2.40. The molecule has 1 fully saturated rings. The van der Waals surface area contributed by atoms with Crippen molar-refractivity contribution in [3.05, 3.63) is 29.8 Å². The monoisotopic (exact) mass is 276 g/mol. The minimum absolute atomic E-state index is 0.0395. The molecule has 4 nitrogen and oxygen atoms in total. The summed E-state index contributed by atoms with van der Waals surface area (Å²) in [6.45, 7) is 4.85. The van der Waals surface area contributed by atoms with Crippen LogP contribution >= 0.6 is 0 Å². The first kappa shape index (κ1) is 14.9. The molecule has 0 bridgehead atoms. The molecular formula is C16H24N2O2. The largest absolute Gasteiger partial charge is 0.395 e. The van der Waals surface area contributed by atoms with Gasteiger partial charge in [0.15, 0.2) is 0 Å². The first-order valence-electron chi connectivity index (χ1n) is 7.28. The zero-order valence-electron chi connectivity index (χ0n) is 12.3. The number of amides is 1. The van der Waals surface area contributed by atoms with Gasteiger partial charge in [-0.05, 0) is 42.5 Å². The van der Waals surface area contributed by atoms with Crippen LogP contribution in [0.1, 0.15) is 43.5 Å². The van der Waals surface area contributed by atoms with E-state index >= 15 is 0 Å². The van der Waals surface area contributed by atoms with Crippen LogP contribution in [0.4, 0.5) is 5.69 Å². The highest BCUT2D eigenvalue weighted by atomic mass is 16.3. The molecule has 1 aromatic rings. The van der Waals surface area contributed by atoms with E-state index in [1.807, 2.05) is 24.3 Å². The van der Waals surface area contributed by atoms with Crippen molar-refractivity contribution in [1.29, 1.82) is 0 Å². The number of benzene rings is 1. The molecule has 1 saturated carbocycles. The maximum Gasteiger partial charge on any atom is 0.251 e. The summed E-state index contributed by atoms with van der Waals surface area (Å²) in [5.41, 5.74) is 2.01. The third kappa shape index (κ3) is 3.51. The van der Waals surface area contributed by atoms with Gasteiger partial charge in [-0.15, -0.1) is 0 Å². The van der Waals surface area contributed by atoms with Crippen LogP contribution < -0.4 is 10.6 Å². The summed E-state index contributed by atoms with van der Waals surface area (Å²) >= 11 is 0. The van der Waals surface area contributed by atoms with Gasteiger partial charge in [-0.2, -0.15) is 0 Å². The number of carbonyl (C=O) groups excluding carboxylic acids is 1. The number of aliphatic hydroxyl groups is 1. The minimum Gasteiger partial charge on any atom is -0.395 e. The third-order valence-corrected chi connectivity index (χ3v) is 4.14. The van der Waals surface area contributed by atoms with Gasteiger partial charge in [0.2, 0.25) is 0 Å². The van der Waals surface area contributed by atoms with Crippen molar-refractivity contribution >= 4 is 11.6 Å². The lowest BCUT2D eigenvalue weighted by atomic mass is 9.87. The molecule has 1 amide bonds. The molecule has 110 valence electrons. The van der Waals surface area contributed by atoms with Crippen LogP contribution in [0.5, 0.6) is 0 Å². The quantitative estimate of drug-likeness (QED) is 0.774. The van der Waals surface area contributed by atoms with Crippen LogP contribution in [-0.2, 0) is 0 Å². The fourth-order valence-electron chi connectivity index (χ4n) is 2.78. The molecule has 0 aromatic heterocycles. The van der Waals surface area contributed by atoms with E-state index in [0.29, 0.717) is 17.0 Å². The molecule has 1 aliphatic rings. The molecule has 3 N–H and O–H groups in total. The van der Waals surface area contributed by atoms with Crippen LogP contribution in [0, 0.1) is 5.41 Å². The number of anilines is 1. The summed E-state index contributed by atoms with van der Waals surface area (Å²) in [4.78, 5) is 11.7. The molecule has 1 unspecified atom stereocenters. The molecule has 0 heterocycles. The standard InChI is InChI=1S/C16H24N2O2/c1-16(2)9-3-4-14(16)18-13-7-5-12(6-8-13)15(20)17-10-11-19/h5-8,14,18-19H,3-4,9-11H2,1-2H3,(H,17,20). The van der Waals surface area contributed by atoms with E-state index < -0.39 is 0 Å². The van der Waals surface area contributed by atoms with E-state index in [4.69, 9.17) is 5.11 Å². The van der Waals surface area contributed by atoms with Crippen molar-refractivity contribution in [2.75, 3.05) is 18.5 Å². The maximum atomic E-state index is 11.7. The highest BCUT2D eigenvalue weighted by molar-refractivity contribution is 5.94. The van der Waals surface area contributed by atoms with Crippen LogP contribution in [-0.4, -0.2) is 30.2 Å². The Bertz CT molecular complexity index is 454. The van der Waals surface area contributed by atoms with Gasteiger partial charge in [-0.3, -0.25) is 4.79 Å². The normalized spacial score (nSPS) is 20.6. The van der Waals surface area contributed by atoms with Gasteiger partial charge in [-0.1, -0.05) is 20.3 Å². The lowest BCUT2D eigenvalue weighted by Gasteiger charge is -2.28. The van der Waals surface area contributed by atoms with Crippen LogP contribution in [0.15, 0.2) is 24.3 Å². The summed E-state index contributed by atoms with van der Waals surface area (Å²) in [6, 6.07) is 8.02. The summed E-state index contributed by atoms with van der Waals surface area (Å²) in [5, 5.41) is 14.9. The Balaban J connectivity index is 1.96. The number of nitrogens with one attached hydrogen (secondary N) is 2. The SMILES string of the molecule is CC1(C)CCCC1Nc1ccc(C(=O)NCCO)cc1. The predicted molar refractivity (Wildman–Crippen MR) is 80.9 cm³/mol. The van der Waals surface area contributed by atoms with Gasteiger partial charge < -0.3 is 15.7 Å². The van der Waals surface area contributed by atoms with Crippen molar-refractivity contribution in [3.8, 4) is 0 Å². The Hall–Kier alpha value is -1.55. The van der Waals surface area contributed by atoms with E-state index in [2.05, 4.69) is 24.5 Å². The Morgan fingerprint density at radius 2 is 2.05 bits per heavy atom. The van der Waals surface area contributed by atoms with Gasteiger partial charge in [-0.25, -0.2) is 0 Å². The van der Waals surface area contributed by atoms with E-state index in [0.717, 1.165) is 5.69 Å². The molecular weight excluding hydrogens is 252 g/mol. The molecule has 4 heteroatoms. The van der Waals surface area contributed by atoms with Crippen LogP contribution in [0.25, 0.3) is 0 Å². The molecule has 0 radical (unpaired) electrons. The topological polar surface area (TPSA) is 61.4 Å². The van der Waals surface area contributed by atoms with Gasteiger partial charge in [0.1, 0.15) is 0 Å². The van der Waals surface area contributed by atoms with Crippen molar-refractivity contribution in [2.45, 2.75) is 39.2 Å². The summed E-state index contributed by atoms with van der Waals surface area (Å²) in [7, 11) is 0. The zero-order chi connectivity index (χ0) is 14.6. The molecule has 20 heavy (non-hydrogen) atoms. The lowest BCUT2D eigenvalue weighted by molar-refractivity contribution is 0.0945. The second-order valence-corrected chi connectivity index (χ2v) is 6.13. The smallest absolute Gasteiger partial charge is 0.251 e. The lowest BCUT2D eigenvalue weighted by Crippen LogP contribution is -2.30. The number of hydrogen-bond acceptors (Lipinski definition) is 3. The highest BCUT2D eigenvalue weighted by Gasteiger charge is 2.34. The average molecular weight is 276 g/mol. The number of aliphatic hydroxyl groups excluding tert-OH is 1. The Labute approximate surface area is 120 Å². The summed E-state index contributed by atoms with van der Waals surface area (Å²) < 4.78 is 0. The third-order valence-electron chi connectivity index (χ3n) is 4.14. The average Bonchev–Trinajstić information content (AvgIpc) is 2.76. The highest BCUT2D eigenvalue weighted by Crippen LogP contribution is 2.38.